The maximum atomic E-state index is 13.1. The predicted molar refractivity (Wildman–Crippen MR) is 97.3 cm³/mol. The second kappa shape index (κ2) is 9.34. The summed E-state index contributed by atoms with van der Waals surface area (Å²) in [7, 11) is 1.22. The Hall–Kier alpha value is -2.64. The highest BCUT2D eigenvalue weighted by atomic mass is 19.1. The molecule has 1 aromatic rings. The van der Waals surface area contributed by atoms with E-state index in [0.29, 0.717) is 5.56 Å². The number of ether oxygens (including phenoxy) is 2. The number of methoxy groups -OCH3 is 1. The number of benzene rings is 1. The lowest BCUT2D eigenvalue weighted by Gasteiger charge is -2.30. The van der Waals surface area contributed by atoms with Gasteiger partial charge >= 0.3 is 12.1 Å². The summed E-state index contributed by atoms with van der Waals surface area (Å²) in [6.45, 7) is 8.19. The molecule has 0 aliphatic rings. The summed E-state index contributed by atoms with van der Waals surface area (Å²) >= 11 is 0. The number of alkyl carbamates (subject to hydrolysis) is 1. The van der Waals surface area contributed by atoms with Gasteiger partial charge in [-0.2, -0.15) is 0 Å². The van der Waals surface area contributed by atoms with Gasteiger partial charge in [0.2, 0.25) is 5.91 Å². The van der Waals surface area contributed by atoms with Gasteiger partial charge in [0.25, 0.3) is 0 Å². The lowest BCUT2D eigenvalue weighted by atomic mass is 10.1. The molecule has 0 radical (unpaired) electrons. The molecule has 0 aliphatic heterocycles. The van der Waals surface area contributed by atoms with Gasteiger partial charge in [0.15, 0.2) is 0 Å². The van der Waals surface area contributed by atoms with Gasteiger partial charge in [-0.1, -0.05) is 12.1 Å². The maximum Gasteiger partial charge on any atom is 0.408 e. The van der Waals surface area contributed by atoms with Crippen molar-refractivity contribution >= 4 is 18.0 Å². The molecule has 0 saturated heterocycles. The van der Waals surface area contributed by atoms with Gasteiger partial charge < -0.3 is 19.7 Å². The molecule has 0 fully saturated rings. The molecule has 0 heterocycles. The van der Waals surface area contributed by atoms with Crippen molar-refractivity contribution in [3.05, 3.63) is 35.6 Å². The summed E-state index contributed by atoms with van der Waals surface area (Å²) in [5.74, 6) is -1.50. The summed E-state index contributed by atoms with van der Waals surface area (Å²) in [5.41, 5.74) is -0.0788. The van der Waals surface area contributed by atoms with Crippen molar-refractivity contribution in [1.29, 1.82) is 0 Å². The normalized spacial score (nSPS) is 13.3. The van der Waals surface area contributed by atoms with Crippen molar-refractivity contribution in [2.45, 2.75) is 58.8 Å². The standard InChI is InChI=1S/C19H27FN2O5/c1-12(21-18(25)27-19(3,4)5)16(23)22(13(2)17(24)26-6)11-14-7-9-15(20)10-8-14/h7-10,12-13H,11H2,1-6H3,(H,21,25)/t12-,13-/m0/s1. The number of rotatable bonds is 6. The minimum Gasteiger partial charge on any atom is -0.467 e. The lowest BCUT2D eigenvalue weighted by Crippen LogP contribution is -2.52. The molecule has 0 aromatic heterocycles. The van der Waals surface area contributed by atoms with Crippen molar-refractivity contribution in [1.82, 2.24) is 10.2 Å². The molecule has 27 heavy (non-hydrogen) atoms. The molecule has 0 unspecified atom stereocenters. The quantitative estimate of drug-likeness (QED) is 0.765. The van der Waals surface area contributed by atoms with Gasteiger partial charge in [-0.15, -0.1) is 0 Å². The molecule has 2 atom stereocenters. The summed E-state index contributed by atoms with van der Waals surface area (Å²) in [6.07, 6.45) is -0.740. The van der Waals surface area contributed by atoms with Crippen LogP contribution in [0.4, 0.5) is 9.18 Å². The molecule has 2 amide bonds. The van der Waals surface area contributed by atoms with E-state index < -0.39 is 41.5 Å². The molecular weight excluding hydrogens is 355 g/mol. The van der Waals surface area contributed by atoms with E-state index in [1.54, 1.807) is 20.8 Å². The molecule has 8 heteroatoms. The average molecular weight is 382 g/mol. The Kier molecular flexibility index (Phi) is 7.75. The van der Waals surface area contributed by atoms with Crippen molar-refractivity contribution in [2.75, 3.05) is 7.11 Å². The third-order valence-corrected chi connectivity index (χ3v) is 3.66. The smallest absolute Gasteiger partial charge is 0.408 e. The molecule has 1 aromatic carbocycles. The Morgan fingerprint density at radius 3 is 2.19 bits per heavy atom. The molecule has 0 aliphatic carbocycles. The van der Waals surface area contributed by atoms with E-state index in [1.165, 1.54) is 50.1 Å². The lowest BCUT2D eigenvalue weighted by molar-refractivity contribution is -0.153. The predicted octanol–water partition coefficient (Wildman–Crippen LogP) is 2.63. The largest absolute Gasteiger partial charge is 0.467 e. The number of nitrogens with one attached hydrogen (secondary N) is 1. The first kappa shape index (κ1) is 22.4. The zero-order chi connectivity index (χ0) is 20.8. The fourth-order valence-electron chi connectivity index (χ4n) is 2.28. The Balaban J connectivity index is 2.96. The van der Waals surface area contributed by atoms with E-state index in [1.807, 2.05) is 0 Å². The first-order valence-electron chi connectivity index (χ1n) is 8.57. The molecule has 150 valence electrons. The number of halogens is 1. The van der Waals surface area contributed by atoms with Crippen LogP contribution in [0.3, 0.4) is 0 Å². The Morgan fingerprint density at radius 2 is 1.70 bits per heavy atom. The Morgan fingerprint density at radius 1 is 1.15 bits per heavy atom. The third-order valence-electron chi connectivity index (χ3n) is 3.66. The molecule has 7 nitrogen and oxygen atoms in total. The van der Waals surface area contributed by atoms with Crippen LogP contribution >= 0.6 is 0 Å². The summed E-state index contributed by atoms with van der Waals surface area (Å²) in [4.78, 5) is 38.0. The second-order valence-corrected chi connectivity index (χ2v) is 7.16. The number of nitrogens with zero attached hydrogens (tertiary/aromatic N) is 1. The van der Waals surface area contributed by atoms with Gasteiger partial charge in [0, 0.05) is 6.54 Å². The number of esters is 1. The molecule has 1 rings (SSSR count). The maximum absolute atomic E-state index is 13.1. The van der Waals surface area contributed by atoms with E-state index in [4.69, 9.17) is 9.47 Å². The zero-order valence-electron chi connectivity index (χ0n) is 16.5. The number of carbonyl (C=O) groups is 3. The van der Waals surface area contributed by atoms with E-state index in [-0.39, 0.29) is 6.54 Å². The summed E-state index contributed by atoms with van der Waals surface area (Å²) < 4.78 is 23.0. The van der Waals surface area contributed by atoms with Gasteiger partial charge in [0.05, 0.1) is 7.11 Å². The van der Waals surface area contributed by atoms with E-state index >= 15 is 0 Å². The monoisotopic (exact) mass is 382 g/mol. The van der Waals surface area contributed by atoms with Crippen LogP contribution in [0.25, 0.3) is 0 Å². The van der Waals surface area contributed by atoms with Crippen LogP contribution in [-0.4, -0.2) is 47.7 Å². The fraction of sp³-hybridized carbons (Fsp3) is 0.526. The number of hydrogen-bond donors (Lipinski definition) is 1. The Labute approximate surface area is 158 Å². The number of carbonyl (C=O) groups excluding carboxylic acids is 3. The third kappa shape index (κ3) is 7.24. The first-order chi connectivity index (χ1) is 12.4. The van der Waals surface area contributed by atoms with Crippen molar-refractivity contribution in [2.24, 2.45) is 0 Å². The highest BCUT2D eigenvalue weighted by Crippen LogP contribution is 2.13. The van der Waals surface area contributed by atoms with Crippen molar-refractivity contribution in [3.8, 4) is 0 Å². The molecule has 0 saturated carbocycles. The van der Waals surface area contributed by atoms with Crippen molar-refractivity contribution in [3.63, 3.8) is 0 Å². The number of amides is 2. The summed E-state index contributed by atoms with van der Waals surface area (Å²) in [6, 6.07) is 3.74. The molecule has 0 bridgehead atoms. The topological polar surface area (TPSA) is 84.9 Å². The minimum atomic E-state index is -0.938. The van der Waals surface area contributed by atoms with Gasteiger partial charge in [-0.25, -0.2) is 14.0 Å². The Bertz CT molecular complexity index is 670. The van der Waals surface area contributed by atoms with E-state index in [0.717, 1.165) is 0 Å². The summed E-state index contributed by atoms with van der Waals surface area (Å²) in [5, 5.41) is 2.46. The van der Waals surface area contributed by atoms with Crippen LogP contribution in [0.5, 0.6) is 0 Å². The van der Waals surface area contributed by atoms with Crippen LogP contribution < -0.4 is 5.32 Å². The van der Waals surface area contributed by atoms with Crippen LogP contribution in [0.1, 0.15) is 40.2 Å². The van der Waals surface area contributed by atoms with Gasteiger partial charge in [0.1, 0.15) is 23.5 Å². The first-order valence-corrected chi connectivity index (χ1v) is 8.57. The van der Waals surface area contributed by atoms with Gasteiger partial charge in [-0.05, 0) is 52.3 Å². The highest BCUT2D eigenvalue weighted by Gasteiger charge is 2.31. The van der Waals surface area contributed by atoms with Crippen LogP contribution in [0, 0.1) is 5.82 Å². The zero-order valence-corrected chi connectivity index (χ0v) is 16.5. The number of hydrogen-bond acceptors (Lipinski definition) is 5. The van der Waals surface area contributed by atoms with Crippen molar-refractivity contribution < 1.29 is 28.2 Å². The second-order valence-electron chi connectivity index (χ2n) is 7.16. The van der Waals surface area contributed by atoms with Crippen LogP contribution in [-0.2, 0) is 25.6 Å². The van der Waals surface area contributed by atoms with Crippen LogP contribution in [0.2, 0.25) is 0 Å². The van der Waals surface area contributed by atoms with Gasteiger partial charge in [-0.3, -0.25) is 4.79 Å². The molecule has 0 spiro atoms. The SMILES string of the molecule is COC(=O)[C@H](C)N(Cc1ccc(F)cc1)C(=O)[C@H](C)NC(=O)OC(C)(C)C. The van der Waals surface area contributed by atoms with Crippen LogP contribution in [0.15, 0.2) is 24.3 Å². The average Bonchev–Trinajstić information content (AvgIpc) is 2.57. The molecular formula is C19H27FN2O5. The molecule has 1 N–H and O–H groups in total. The van der Waals surface area contributed by atoms with E-state index in [9.17, 15) is 18.8 Å². The minimum absolute atomic E-state index is 0.0513. The fourth-order valence-corrected chi connectivity index (χ4v) is 2.28. The van der Waals surface area contributed by atoms with E-state index in [2.05, 4.69) is 5.32 Å². The highest BCUT2D eigenvalue weighted by molar-refractivity contribution is 5.89.